The Labute approximate surface area is 121 Å². The first-order valence-electron chi connectivity index (χ1n) is 6.74. The summed E-state index contributed by atoms with van der Waals surface area (Å²) in [5, 5.41) is 6.72. The zero-order valence-electron chi connectivity index (χ0n) is 12.2. The van der Waals surface area contributed by atoms with Gasteiger partial charge in [0.25, 0.3) is 0 Å². The van der Waals surface area contributed by atoms with Crippen molar-refractivity contribution >= 4 is 0 Å². The minimum Gasteiger partial charge on any atom is -0.316 e. The Morgan fingerprint density at radius 3 is 2.48 bits per heavy atom. The van der Waals surface area contributed by atoms with E-state index in [1.54, 1.807) is 19.2 Å². The lowest BCUT2D eigenvalue weighted by atomic mass is 10.0. The van der Waals surface area contributed by atoms with Gasteiger partial charge in [0.05, 0.1) is 11.9 Å². The molecule has 1 aromatic heterocycles. The van der Waals surface area contributed by atoms with Crippen LogP contribution in [0, 0.1) is 0 Å². The van der Waals surface area contributed by atoms with Crippen molar-refractivity contribution in [3.63, 3.8) is 0 Å². The Morgan fingerprint density at radius 2 is 1.90 bits per heavy atom. The molecule has 0 aliphatic rings. The Kier molecular flexibility index (Phi) is 4.37. The molecule has 1 N–H and O–H groups in total. The highest BCUT2D eigenvalue weighted by molar-refractivity contribution is 5.45. The van der Waals surface area contributed by atoms with Gasteiger partial charge in [0.2, 0.25) is 0 Å². The second-order valence-electron chi connectivity index (χ2n) is 5.17. The first-order chi connectivity index (χ1) is 9.86. The van der Waals surface area contributed by atoms with Crippen molar-refractivity contribution in [2.24, 2.45) is 0 Å². The number of nitrogens with zero attached hydrogens (tertiary/aromatic N) is 2. The van der Waals surface area contributed by atoms with E-state index in [0.717, 1.165) is 10.2 Å². The van der Waals surface area contributed by atoms with Crippen LogP contribution in [0.2, 0.25) is 0 Å². The van der Waals surface area contributed by atoms with Crippen LogP contribution in [-0.2, 0) is 12.7 Å². The van der Waals surface area contributed by atoms with E-state index in [1.165, 1.54) is 6.20 Å². The highest BCUT2D eigenvalue weighted by Gasteiger charge is 2.38. The Bertz CT molecular complexity index is 615. The van der Waals surface area contributed by atoms with E-state index in [4.69, 9.17) is 0 Å². The molecule has 1 aromatic carbocycles. The second kappa shape index (κ2) is 5.89. The van der Waals surface area contributed by atoms with Crippen molar-refractivity contribution in [1.82, 2.24) is 15.1 Å². The summed E-state index contributed by atoms with van der Waals surface area (Å²) in [6, 6.07) is 7.05. The van der Waals surface area contributed by atoms with Gasteiger partial charge in [0.15, 0.2) is 5.69 Å². The zero-order chi connectivity index (χ0) is 15.6. The van der Waals surface area contributed by atoms with Crippen LogP contribution in [0.4, 0.5) is 13.2 Å². The molecule has 0 spiro atoms. The molecule has 114 valence electrons. The van der Waals surface area contributed by atoms with Gasteiger partial charge in [0.1, 0.15) is 0 Å². The molecule has 0 saturated carbocycles. The largest absolute Gasteiger partial charge is 0.433 e. The van der Waals surface area contributed by atoms with Crippen LogP contribution in [0.5, 0.6) is 0 Å². The highest BCUT2D eigenvalue weighted by Crippen LogP contribution is 2.35. The standard InChI is InChI=1S/C15H18F3N3/c1-10(2)12-6-4-5-7-13(12)21-14(15(16,17)18)11(8-19-3)9-20-21/h4-7,9-10,19H,8H2,1-3H3. The SMILES string of the molecule is CNCc1cnn(-c2ccccc2C(C)C)c1C(F)(F)F. The van der Waals surface area contributed by atoms with Gasteiger partial charge < -0.3 is 5.32 Å². The predicted molar refractivity (Wildman–Crippen MR) is 75.4 cm³/mol. The molecule has 0 atom stereocenters. The molecule has 21 heavy (non-hydrogen) atoms. The Hall–Kier alpha value is -1.82. The van der Waals surface area contributed by atoms with Gasteiger partial charge >= 0.3 is 6.18 Å². The quantitative estimate of drug-likeness (QED) is 0.932. The molecule has 1 heterocycles. The first kappa shape index (κ1) is 15.6. The normalized spacial score (nSPS) is 12.1. The summed E-state index contributed by atoms with van der Waals surface area (Å²) in [4.78, 5) is 0. The topological polar surface area (TPSA) is 29.9 Å². The lowest BCUT2D eigenvalue weighted by Crippen LogP contribution is -2.18. The van der Waals surface area contributed by atoms with E-state index in [9.17, 15) is 13.2 Å². The maximum absolute atomic E-state index is 13.4. The van der Waals surface area contributed by atoms with Crippen molar-refractivity contribution in [3.8, 4) is 5.69 Å². The maximum atomic E-state index is 13.4. The maximum Gasteiger partial charge on any atom is 0.433 e. The van der Waals surface area contributed by atoms with Crippen molar-refractivity contribution in [3.05, 3.63) is 47.3 Å². The third kappa shape index (κ3) is 3.10. The van der Waals surface area contributed by atoms with Gasteiger partial charge in [-0.1, -0.05) is 32.0 Å². The van der Waals surface area contributed by atoms with Gasteiger partial charge in [-0.15, -0.1) is 0 Å². The summed E-state index contributed by atoms with van der Waals surface area (Å²) in [5.74, 6) is 0.110. The molecule has 0 aliphatic carbocycles. The lowest BCUT2D eigenvalue weighted by molar-refractivity contribution is -0.143. The molecule has 0 unspecified atom stereocenters. The summed E-state index contributed by atoms with van der Waals surface area (Å²) in [5.41, 5.74) is 0.734. The van der Waals surface area contributed by atoms with Gasteiger partial charge in [0, 0.05) is 12.1 Å². The number of alkyl halides is 3. The average Bonchev–Trinajstić information content (AvgIpc) is 2.82. The monoisotopic (exact) mass is 297 g/mol. The van der Waals surface area contributed by atoms with E-state index in [0.29, 0.717) is 5.69 Å². The number of hydrogen-bond donors (Lipinski definition) is 1. The number of hydrogen-bond acceptors (Lipinski definition) is 2. The summed E-state index contributed by atoms with van der Waals surface area (Å²) >= 11 is 0. The van der Waals surface area contributed by atoms with Crippen LogP contribution in [0.1, 0.15) is 36.6 Å². The zero-order valence-corrected chi connectivity index (χ0v) is 12.2. The minimum absolute atomic E-state index is 0.110. The number of para-hydroxylation sites is 1. The Balaban J connectivity index is 2.65. The molecule has 2 rings (SSSR count). The number of nitrogens with one attached hydrogen (secondary N) is 1. The van der Waals surface area contributed by atoms with Crippen LogP contribution >= 0.6 is 0 Å². The van der Waals surface area contributed by atoms with E-state index >= 15 is 0 Å². The molecular weight excluding hydrogens is 279 g/mol. The predicted octanol–water partition coefficient (Wildman–Crippen LogP) is 3.73. The number of benzene rings is 1. The van der Waals surface area contributed by atoms with E-state index in [1.807, 2.05) is 26.0 Å². The molecule has 2 aromatic rings. The fraction of sp³-hybridized carbons (Fsp3) is 0.400. The molecule has 0 aliphatic heterocycles. The molecular formula is C15H18F3N3. The minimum atomic E-state index is -4.45. The van der Waals surface area contributed by atoms with Gasteiger partial charge in [-0.2, -0.15) is 18.3 Å². The fourth-order valence-electron chi connectivity index (χ4n) is 2.36. The van der Waals surface area contributed by atoms with Gasteiger partial charge in [-0.05, 0) is 24.6 Å². The van der Waals surface area contributed by atoms with Crippen molar-refractivity contribution in [2.45, 2.75) is 32.5 Å². The average molecular weight is 297 g/mol. The molecule has 0 fully saturated rings. The summed E-state index contributed by atoms with van der Waals surface area (Å²) in [6.45, 7) is 4.02. The second-order valence-corrected chi connectivity index (χ2v) is 5.17. The van der Waals surface area contributed by atoms with Crippen LogP contribution in [-0.4, -0.2) is 16.8 Å². The summed E-state index contributed by atoms with van der Waals surface area (Å²) < 4.78 is 41.2. The third-order valence-corrected chi connectivity index (χ3v) is 3.27. The lowest BCUT2D eigenvalue weighted by Gasteiger charge is -2.17. The van der Waals surface area contributed by atoms with Crippen molar-refractivity contribution in [2.75, 3.05) is 7.05 Å². The smallest absolute Gasteiger partial charge is 0.316 e. The van der Waals surface area contributed by atoms with Crippen LogP contribution < -0.4 is 5.32 Å². The Morgan fingerprint density at radius 1 is 1.24 bits per heavy atom. The fourth-order valence-corrected chi connectivity index (χ4v) is 2.36. The van der Waals surface area contributed by atoms with Crippen LogP contribution in [0.15, 0.2) is 30.5 Å². The number of rotatable bonds is 4. The van der Waals surface area contributed by atoms with Crippen molar-refractivity contribution < 1.29 is 13.2 Å². The van der Waals surface area contributed by atoms with E-state index in [2.05, 4.69) is 10.4 Å². The number of halogens is 3. The third-order valence-electron chi connectivity index (χ3n) is 3.27. The molecule has 6 heteroatoms. The van der Waals surface area contributed by atoms with Crippen molar-refractivity contribution in [1.29, 1.82) is 0 Å². The summed E-state index contributed by atoms with van der Waals surface area (Å²) in [7, 11) is 1.61. The molecule has 0 radical (unpaired) electrons. The molecule has 0 saturated heterocycles. The van der Waals surface area contributed by atoms with Crippen LogP contribution in [0.3, 0.4) is 0 Å². The molecule has 3 nitrogen and oxygen atoms in total. The summed E-state index contributed by atoms with van der Waals surface area (Å²) in [6.07, 6.45) is -3.18. The molecule has 0 bridgehead atoms. The highest BCUT2D eigenvalue weighted by atomic mass is 19.4. The first-order valence-corrected chi connectivity index (χ1v) is 6.74. The number of aromatic nitrogens is 2. The van der Waals surface area contributed by atoms with Gasteiger partial charge in [-0.25, -0.2) is 4.68 Å². The molecule has 0 amide bonds. The van der Waals surface area contributed by atoms with E-state index < -0.39 is 11.9 Å². The van der Waals surface area contributed by atoms with Crippen LogP contribution in [0.25, 0.3) is 5.69 Å². The van der Waals surface area contributed by atoms with Gasteiger partial charge in [-0.3, -0.25) is 0 Å². The van der Waals surface area contributed by atoms with E-state index in [-0.39, 0.29) is 18.0 Å².